The molecular weight excluding hydrogens is 195 g/mol. The molecule has 1 aromatic rings. The molecule has 0 aromatic heterocycles. The number of rotatable bonds is 4. The Morgan fingerprint density at radius 3 is 2.73 bits per heavy atom. The fourth-order valence-electron chi connectivity index (χ4n) is 1.13. The van der Waals surface area contributed by atoms with Crippen LogP contribution in [0.4, 0.5) is 10.1 Å². The van der Waals surface area contributed by atoms with E-state index in [-0.39, 0.29) is 5.82 Å². The lowest BCUT2D eigenvalue weighted by atomic mass is 10.1. The maximum absolute atomic E-state index is 13.3. The van der Waals surface area contributed by atoms with Crippen molar-refractivity contribution in [3.8, 4) is 0 Å². The Morgan fingerprint density at radius 2 is 2.20 bits per heavy atom. The van der Waals surface area contributed by atoms with Crippen LogP contribution < -0.4 is 11.1 Å². The van der Waals surface area contributed by atoms with Gasteiger partial charge in [0.05, 0.1) is 5.69 Å². The van der Waals surface area contributed by atoms with Gasteiger partial charge in [-0.2, -0.15) is 0 Å². The van der Waals surface area contributed by atoms with Crippen molar-refractivity contribution in [2.45, 2.75) is 13.8 Å². The third kappa shape index (κ3) is 3.23. The summed E-state index contributed by atoms with van der Waals surface area (Å²) in [6.45, 7) is 4.69. The number of nitrogens with one attached hydrogen (secondary N) is 1. The smallest absolute Gasteiger partial charge is 0.248 e. The van der Waals surface area contributed by atoms with Crippen molar-refractivity contribution in [3.05, 3.63) is 29.6 Å². The van der Waals surface area contributed by atoms with E-state index in [0.717, 1.165) is 0 Å². The Labute approximate surface area is 88.5 Å². The van der Waals surface area contributed by atoms with Crippen molar-refractivity contribution in [2.75, 3.05) is 11.9 Å². The van der Waals surface area contributed by atoms with Gasteiger partial charge in [0, 0.05) is 12.1 Å². The van der Waals surface area contributed by atoms with Crippen LogP contribution in [0.3, 0.4) is 0 Å². The first kappa shape index (κ1) is 11.5. The lowest BCUT2D eigenvalue weighted by Crippen LogP contribution is -2.13. The molecule has 1 amide bonds. The number of hydrogen-bond acceptors (Lipinski definition) is 2. The third-order valence-electron chi connectivity index (χ3n) is 1.95. The summed E-state index contributed by atoms with van der Waals surface area (Å²) < 4.78 is 13.3. The topological polar surface area (TPSA) is 55.1 Å². The normalized spacial score (nSPS) is 10.4. The first-order valence-electron chi connectivity index (χ1n) is 4.84. The Kier molecular flexibility index (Phi) is 3.66. The minimum atomic E-state index is -0.553. The van der Waals surface area contributed by atoms with Crippen LogP contribution in [0, 0.1) is 11.7 Å². The number of hydrogen-bond donors (Lipinski definition) is 2. The molecule has 0 spiro atoms. The lowest BCUT2D eigenvalue weighted by Gasteiger charge is -2.10. The SMILES string of the molecule is CC(C)CNc1cc(C(N)=O)ccc1F. The summed E-state index contributed by atoms with van der Waals surface area (Å²) in [6, 6.07) is 4.04. The van der Waals surface area contributed by atoms with Gasteiger partial charge in [0.25, 0.3) is 0 Å². The molecule has 3 nitrogen and oxygen atoms in total. The first-order valence-corrected chi connectivity index (χ1v) is 4.84. The van der Waals surface area contributed by atoms with E-state index in [1.807, 2.05) is 13.8 Å². The number of amides is 1. The molecule has 3 N–H and O–H groups in total. The molecule has 15 heavy (non-hydrogen) atoms. The van der Waals surface area contributed by atoms with Gasteiger partial charge in [0.1, 0.15) is 5.82 Å². The Balaban J connectivity index is 2.85. The van der Waals surface area contributed by atoms with Gasteiger partial charge in [-0.25, -0.2) is 4.39 Å². The first-order chi connectivity index (χ1) is 7.00. The lowest BCUT2D eigenvalue weighted by molar-refractivity contribution is 0.100. The summed E-state index contributed by atoms with van der Waals surface area (Å²) >= 11 is 0. The minimum absolute atomic E-state index is 0.308. The Hall–Kier alpha value is -1.58. The molecule has 0 fully saturated rings. The predicted molar refractivity (Wildman–Crippen MR) is 58.2 cm³/mol. The number of halogens is 1. The van der Waals surface area contributed by atoms with E-state index in [4.69, 9.17) is 5.73 Å². The van der Waals surface area contributed by atoms with Gasteiger partial charge < -0.3 is 11.1 Å². The predicted octanol–water partition coefficient (Wildman–Crippen LogP) is 1.99. The van der Waals surface area contributed by atoms with E-state index in [1.165, 1.54) is 18.2 Å². The van der Waals surface area contributed by atoms with Crippen molar-refractivity contribution in [1.29, 1.82) is 0 Å². The molecule has 0 saturated heterocycles. The highest BCUT2D eigenvalue weighted by Crippen LogP contribution is 2.16. The number of primary amides is 1. The van der Waals surface area contributed by atoms with Crippen LogP contribution in [0.15, 0.2) is 18.2 Å². The molecule has 0 saturated carbocycles. The monoisotopic (exact) mass is 210 g/mol. The third-order valence-corrected chi connectivity index (χ3v) is 1.95. The van der Waals surface area contributed by atoms with E-state index in [2.05, 4.69) is 5.32 Å². The largest absolute Gasteiger partial charge is 0.382 e. The molecule has 4 heteroatoms. The van der Waals surface area contributed by atoms with E-state index in [9.17, 15) is 9.18 Å². The minimum Gasteiger partial charge on any atom is -0.382 e. The highest BCUT2D eigenvalue weighted by molar-refractivity contribution is 5.93. The van der Waals surface area contributed by atoms with Crippen LogP contribution in [0.1, 0.15) is 24.2 Å². The number of carbonyl (C=O) groups excluding carboxylic acids is 1. The molecule has 0 heterocycles. The van der Waals surface area contributed by atoms with Gasteiger partial charge in [-0.15, -0.1) is 0 Å². The molecule has 0 aliphatic heterocycles. The summed E-state index contributed by atoms with van der Waals surface area (Å²) in [5, 5.41) is 2.92. The molecular formula is C11H15FN2O. The van der Waals surface area contributed by atoms with E-state index in [0.29, 0.717) is 23.7 Å². The van der Waals surface area contributed by atoms with Crippen molar-refractivity contribution in [2.24, 2.45) is 11.7 Å². The van der Waals surface area contributed by atoms with Crippen LogP contribution in [0.2, 0.25) is 0 Å². The van der Waals surface area contributed by atoms with Gasteiger partial charge in [-0.3, -0.25) is 4.79 Å². The van der Waals surface area contributed by atoms with Crippen molar-refractivity contribution >= 4 is 11.6 Å². The molecule has 0 radical (unpaired) electrons. The van der Waals surface area contributed by atoms with Gasteiger partial charge in [0.15, 0.2) is 0 Å². The van der Waals surface area contributed by atoms with Gasteiger partial charge in [0.2, 0.25) is 5.91 Å². The summed E-state index contributed by atoms with van der Waals surface area (Å²) in [6.07, 6.45) is 0. The summed E-state index contributed by atoms with van der Waals surface area (Å²) in [5.41, 5.74) is 5.73. The zero-order chi connectivity index (χ0) is 11.4. The molecule has 1 rings (SSSR count). The molecule has 0 unspecified atom stereocenters. The summed E-state index contributed by atoms with van der Waals surface area (Å²) in [5.74, 6) is -0.523. The van der Waals surface area contributed by atoms with E-state index in [1.54, 1.807) is 0 Å². The fraction of sp³-hybridized carbons (Fsp3) is 0.364. The fourth-order valence-corrected chi connectivity index (χ4v) is 1.13. The standard InChI is InChI=1S/C11H15FN2O/c1-7(2)6-14-10-5-8(11(13)15)3-4-9(10)12/h3-5,7,14H,6H2,1-2H3,(H2,13,15). The van der Waals surface area contributed by atoms with Gasteiger partial charge >= 0.3 is 0 Å². The number of carbonyl (C=O) groups is 1. The molecule has 0 atom stereocenters. The molecule has 82 valence electrons. The van der Waals surface area contributed by atoms with Crippen LogP contribution in [0.25, 0.3) is 0 Å². The van der Waals surface area contributed by atoms with Crippen molar-refractivity contribution in [3.63, 3.8) is 0 Å². The average Bonchev–Trinajstić information content (AvgIpc) is 2.16. The second-order valence-electron chi connectivity index (χ2n) is 3.83. The summed E-state index contributed by atoms with van der Waals surface area (Å²) in [7, 11) is 0. The highest BCUT2D eigenvalue weighted by Gasteiger charge is 2.06. The van der Waals surface area contributed by atoms with Crippen molar-refractivity contribution in [1.82, 2.24) is 0 Å². The van der Waals surface area contributed by atoms with Crippen LogP contribution in [-0.4, -0.2) is 12.5 Å². The quantitative estimate of drug-likeness (QED) is 0.798. The van der Waals surface area contributed by atoms with Gasteiger partial charge in [-0.05, 0) is 24.1 Å². The maximum atomic E-state index is 13.3. The maximum Gasteiger partial charge on any atom is 0.248 e. The molecule has 0 bridgehead atoms. The van der Waals surface area contributed by atoms with E-state index < -0.39 is 5.91 Å². The molecule has 0 aliphatic rings. The Morgan fingerprint density at radius 1 is 1.53 bits per heavy atom. The second kappa shape index (κ2) is 4.77. The average molecular weight is 210 g/mol. The number of anilines is 1. The van der Waals surface area contributed by atoms with E-state index >= 15 is 0 Å². The number of nitrogens with two attached hydrogens (primary N) is 1. The zero-order valence-electron chi connectivity index (χ0n) is 8.88. The van der Waals surface area contributed by atoms with Crippen LogP contribution in [0.5, 0.6) is 0 Å². The van der Waals surface area contributed by atoms with Crippen LogP contribution >= 0.6 is 0 Å². The van der Waals surface area contributed by atoms with Crippen LogP contribution in [-0.2, 0) is 0 Å². The number of benzene rings is 1. The van der Waals surface area contributed by atoms with Crippen molar-refractivity contribution < 1.29 is 9.18 Å². The highest BCUT2D eigenvalue weighted by atomic mass is 19.1. The second-order valence-corrected chi connectivity index (χ2v) is 3.83. The molecule has 1 aromatic carbocycles. The Bertz CT molecular complexity index is 364. The zero-order valence-corrected chi connectivity index (χ0v) is 8.88. The molecule has 0 aliphatic carbocycles. The summed E-state index contributed by atoms with van der Waals surface area (Å²) in [4.78, 5) is 10.9. The van der Waals surface area contributed by atoms with Gasteiger partial charge in [-0.1, -0.05) is 13.8 Å².